The van der Waals surface area contributed by atoms with Gasteiger partial charge in [0.2, 0.25) is 17.7 Å². The van der Waals surface area contributed by atoms with Gasteiger partial charge in [-0.15, -0.1) is 10.2 Å². The van der Waals surface area contributed by atoms with Crippen LogP contribution >= 0.6 is 23.2 Å². The van der Waals surface area contributed by atoms with E-state index in [1.807, 2.05) is 58.0 Å². The number of tetrazole rings is 1. The molecule has 0 aliphatic heterocycles. The molecule has 1 heterocycles. The van der Waals surface area contributed by atoms with E-state index in [1.165, 1.54) is 6.92 Å². The van der Waals surface area contributed by atoms with Crippen LogP contribution in [0.4, 0.5) is 0 Å². The topological polar surface area (TPSA) is 185 Å². The molecule has 3 rings (SSSR count). The first-order valence-corrected chi connectivity index (χ1v) is 15.6. The zero-order valence-electron chi connectivity index (χ0n) is 26.5. The number of halogens is 2. The monoisotopic (exact) mass is 677 g/mol. The van der Waals surface area contributed by atoms with Crippen LogP contribution in [0, 0.1) is 0 Å². The fraction of sp³-hybridized carbons (Fsp3) is 0.419. The van der Waals surface area contributed by atoms with Crippen molar-refractivity contribution in [3.8, 4) is 0 Å². The van der Waals surface area contributed by atoms with E-state index in [0.29, 0.717) is 22.0 Å². The Hall–Kier alpha value is -4.36. The average molecular weight is 679 g/mol. The molecule has 13 nitrogen and oxygen atoms in total. The van der Waals surface area contributed by atoms with E-state index in [1.54, 1.807) is 18.2 Å². The summed E-state index contributed by atoms with van der Waals surface area (Å²) in [4.78, 5) is 62.1. The Bertz CT molecular complexity index is 1420. The van der Waals surface area contributed by atoms with Gasteiger partial charge in [0.05, 0.1) is 13.0 Å². The van der Waals surface area contributed by atoms with Crippen molar-refractivity contribution in [2.24, 2.45) is 0 Å². The van der Waals surface area contributed by atoms with Gasteiger partial charge in [-0.3, -0.25) is 24.0 Å². The quantitative estimate of drug-likeness (QED) is 0.187. The van der Waals surface area contributed by atoms with Crippen LogP contribution in [0.2, 0.25) is 10.0 Å². The van der Waals surface area contributed by atoms with Crippen LogP contribution in [0.15, 0.2) is 48.5 Å². The van der Waals surface area contributed by atoms with Gasteiger partial charge in [-0.2, -0.15) is 4.80 Å². The molecule has 0 saturated heterocycles. The number of hydrogen-bond donors (Lipinski definition) is 4. The molecule has 0 radical (unpaired) electrons. The lowest BCUT2D eigenvalue weighted by atomic mass is 10.1. The first-order valence-electron chi connectivity index (χ1n) is 14.9. The van der Waals surface area contributed by atoms with Crippen molar-refractivity contribution < 1.29 is 29.1 Å². The second-order valence-electron chi connectivity index (χ2n) is 9.29. The van der Waals surface area contributed by atoms with Crippen molar-refractivity contribution in [1.82, 2.24) is 36.2 Å². The summed E-state index contributed by atoms with van der Waals surface area (Å²) in [6.45, 7) is 8.53. The predicted molar refractivity (Wildman–Crippen MR) is 174 cm³/mol. The fourth-order valence-electron chi connectivity index (χ4n) is 3.77. The van der Waals surface area contributed by atoms with Gasteiger partial charge < -0.3 is 21.1 Å². The van der Waals surface area contributed by atoms with E-state index in [2.05, 4.69) is 31.4 Å². The summed E-state index contributed by atoms with van der Waals surface area (Å²) in [7, 11) is 0. The molecular weight excluding hydrogens is 637 g/mol. The number of amides is 3. The molecule has 0 saturated carbocycles. The summed E-state index contributed by atoms with van der Waals surface area (Å²) in [6.07, 6.45) is 0.127. The number of carboxylic acids is 1. The number of benzene rings is 2. The smallest absolute Gasteiger partial charge is 0.305 e. The van der Waals surface area contributed by atoms with Crippen molar-refractivity contribution in [3.63, 3.8) is 0 Å². The minimum Gasteiger partial charge on any atom is -0.481 e. The van der Waals surface area contributed by atoms with Crippen LogP contribution in [0.1, 0.15) is 64.4 Å². The number of aromatic nitrogens is 4. The van der Waals surface area contributed by atoms with Crippen molar-refractivity contribution in [2.45, 2.75) is 78.9 Å². The Kier molecular flexibility index (Phi) is 18.4. The highest BCUT2D eigenvalue weighted by molar-refractivity contribution is 6.36. The Labute approximate surface area is 278 Å². The van der Waals surface area contributed by atoms with Crippen molar-refractivity contribution in [2.75, 3.05) is 6.54 Å². The third kappa shape index (κ3) is 14.2. The van der Waals surface area contributed by atoms with E-state index >= 15 is 0 Å². The number of aryl methyl sites for hydroxylation is 1. The summed E-state index contributed by atoms with van der Waals surface area (Å²) in [6, 6.07) is 11.8. The Balaban J connectivity index is 0.00000254. The largest absolute Gasteiger partial charge is 0.481 e. The first-order chi connectivity index (χ1) is 22.0. The lowest BCUT2D eigenvalue weighted by Crippen LogP contribution is -2.52. The molecule has 0 fully saturated rings. The third-order valence-corrected chi connectivity index (χ3v) is 6.68. The molecule has 0 aliphatic carbocycles. The molecule has 2 atom stereocenters. The molecule has 250 valence electrons. The van der Waals surface area contributed by atoms with E-state index < -0.39 is 48.6 Å². The number of aliphatic carboxylic acids is 1. The zero-order chi connectivity index (χ0) is 34.6. The maximum Gasteiger partial charge on any atom is 0.305 e. The van der Waals surface area contributed by atoms with Gasteiger partial charge in [0.1, 0.15) is 18.6 Å². The van der Waals surface area contributed by atoms with E-state index in [9.17, 15) is 29.1 Å². The zero-order valence-corrected chi connectivity index (χ0v) is 28.1. The predicted octanol–water partition coefficient (Wildman–Crippen LogP) is 3.41. The van der Waals surface area contributed by atoms with Gasteiger partial charge in [0, 0.05) is 22.9 Å². The standard InChI is InChI=1S/C27H29Cl2N7O6.2C2H6/c1-16(31-25(39)14-30-24(38)11-10-17-6-3-2-4-7-17)27(42)32-21(13-26(40)41)22(37)15-36-34-23(33-35-36)12-18-19(28)8-5-9-20(18)29;2*1-2/h2-9,16,21H,10-15H2,1H3,(H,30,38)(H,31,39)(H,32,42)(H,40,41);2*1-2H3. The molecule has 46 heavy (non-hydrogen) atoms. The van der Waals surface area contributed by atoms with Gasteiger partial charge >= 0.3 is 5.97 Å². The van der Waals surface area contributed by atoms with Gasteiger partial charge in [0.25, 0.3) is 0 Å². The number of carbonyl (C=O) groups is 5. The summed E-state index contributed by atoms with van der Waals surface area (Å²) in [5, 5.41) is 29.1. The highest BCUT2D eigenvalue weighted by Crippen LogP contribution is 2.25. The molecule has 0 aliphatic rings. The van der Waals surface area contributed by atoms with Crippen LogP contribution < -0.4 is 16.0 Å². The van der Waals surface area contributed by atoms with Crippen molar-refractivity contribution in [1.29, 1.82) is 0 Å². The number of Topliss-reactive ketones (excluding diaryl/α,β-unsaturated/α-hetero) is 1. The fourth-order valence-corrected chi connectivity index (χ4v) is 4.30. The Morgan fingerprint density at radius 3 is 2.13 bits per heavy atom. The third-order valence-electron chi connectivity index (χ3n) is 5.97. The van der Waals surface area contributed by atoms with Crippen molar-refractivity contribution >= 4 is 52.7 Å². The number of hydrogen-bond acceptors (Lipinski definition) is 8. The lowest BCUT2D eigenvalue weighted by Gasteiger charge is -2.19. The molecule has 3 amide bonds. The number of carbonyl (C=O) groups excluding carboxylic acids is 4. The van der Waals surface area contributed by atoms with E-state index in [4.69, 9.17) is 23.2 Å². The molecule has 0 spiro atoms. The SMILES string of the molecule is CC.CC.CC(NC(=O)CNC(=O)CCc1ccccc1)C(=O)NC(CC(=O)O)C(=O)Cn1nnc(Cc2c(Cl)cccc2Cl)n1. The molecular formula is C31H41Cl2N7O6. The van der Waals surface area contributed by atoms with Gasteiger partial charge in [-0.05, 0) is 41.8 Å². The lowest BCUT2D eigenvalue weighted by molar-refractivity contribution is -0.140. The van der Waals surface area contributed by atoms with Crippen LogP contribution in [0.3, 0.4) is 0 Å². The Morgan fingerprint density at radius 2 is 1.52 bits per heavy atom. The normalized spacial score (nSPS) is 11.4. The molecule has 1 aromatic heterocycles. The summed E-state index contributed by atoms with van der Waals surface area (Å²) >= 11 is 12.3. The molecule has 2 aromatic carbocycles. The molecule has 15 heteroatoms. The number of carboxylic acid groups (broad SMARTS) is 1. The van der Waals surface area contributed by atoms with Gasteiger partial charge in [0.15, 0.2) is 11.6 Å². The molecule has 0 bridgehead atoms. The summed E-state index contributed by atoms with van der Waals surface area (Å²) in [5.74, 6) is -3.57. The average Bonchev–Trinajstić information content (AvgIpc) is 3.49. The van der Waals surface area contributed by atoms with E-state index in [-0.39, 0.29) is 31.1 Å². The maximum absolute atomic E-state index is 12.9. The minimum absolute atomic E-state index is 0.146. The molecule has 3 aromatic rings. The highest BCUT2D eigenvalue weighted by atomic mass is 35.5. The summed E-state index contributed by atoms with van der Waals surface area (Å²) in [5.41, 5.74) is 1.56. The van der Waals surface area contributed by atoms with E-state index in [0.717, 1.165) is 10.4 Å². The van der Waals surface area contributed by atoms with Crippen LogP contribution in [0.5, 0.6) is 0 Å². The first kappa shape index (κ1) is 39.7. The molecule has 4 N–H and O–H groups in total. The second kappa shape index (κ2) is 21.4. The second-order valence-corrected chi connectivity index (χ2v) is 10.1. The number of nitrogens with zero attached hydrogens (tertiary/aromatic N) is 4. The van der Waals surface area contributed by atoms with Crippen molar-refractivity contribution in [3.05, 3.63) is 75.5 Å². The number of rotatable bonds is 15. The molecule has 2 unspecified atom stereocenters. The number of nitrogens with one attached hydrogen (secondary N) is 3. The van der Waals surface area contributed by atoms with Gasteiger partial charge in [-0.1, -0.05) is 87.3 Å². The minimum atomic E-state index is -1.43. The van der Waals surface area contributed by atoms with Crippen LogP contribution in [0.25, 0.3) is 0 Å². The van der Waals surface area contributed by atoms with Gasteiger partial charge in [-0.25, -0.2) is 0 Å². The maximum atomic E-state index is 12.9. The number of ketones is 1. The van der Waals surface area contributed by atoms with Crippen LogP contribution in [-0.2, 0) is 43.4 Å². The van der Waals surface area contributed by atoms with Crippen LogP contribution in [-0.4, -0.2) is 73.4 Å². The Morgan fingerprint density at radius 1 is 0.891 bits per heavy atom. The summed E-state index contributed by atoms with van der Waals surface area (Å²) < 4.78 is 0. The highest BCUT2D eigenvalue weighted by Gasteiger charge is 2.27.